The maximum Gasteiger partial charge on any atom is 0.224 e. The van der Waals surface area contributed by atoms with Crippen LogP contribution in [-0.4, -0.2) is 35.9 Å². The average molecular weight is 268 g/mol. The first-order chi connectivity index (χ1) is 8.69. The van der Waals surface area contributed by atoms with Gasteiger partial charge in [0.05, 0.1) is 12.0 Å². The van der Waals surface area contributed by atoms with E-state index in [1.807, 2.05) is 36.1 Å². The number of carbonyl (C=O) groups is 1. The summed E-state index contributed by atoms with van der Waals surface area (Å²) >= 11 is 5.96. The van der Waals surface area contributed by atoms with Crippen LogP contribution < -0.4 is 4.74 Å². The molecule has 1 fully saturated rings. The summed E-state index contributed by atoms with van der Waals surface area (Å²) in [6, 6.07) is 8.03. The van der Waals surface area contributed by atoms with E-state index in [4.69, 9.17) is 16.3 Å². The lowest BCUT2D eigenvalue weighted by Gasteiger charge is -2.15. The molecule has 0 N–H and O–H groups in total. The van der Waals surface area contributed by atoms with Gasteiger partial charge >= 0.3 is 0 Å². The van der Waals surface area contributed by atoms with Gasteiger partial charge in [-0.1, -0.05) is 12.1 Å². The lowest BCUT2D eigenvalue weighted by Crippen LogP contribution is -2.27. The van der Waals surface area contributed by atoms with Crippen LogP contribution in [0.2, 0.25) is 0 Å². The topological polar surface area (TPSA) is 29.5 Å². The molecule has 1 aromatic carbocycles. The second kappa shape index (κ2) is 6.10. The fourth-order valence-corrected chi connectivity index (χ4v) is 2.42. The molecule has 1 saturated heterocycles. The number of benzene rings is 1. The van der Waals surface area contributed by atoms with Crippen molar-refractivity contribution < 1.29 is 9.53 Å². The van der Waals surface area contributed by atoms with E-state index in [0.717, 1.165) is 18.7 Å². The van der Waals surface area contributed by atoms with Crippen LogP contribution in [0.25, 0.3) is 0 Å². The Morgan fingerprint density at radius 3 is 2.67 bits per heavy atom. The summed E-state index contributed by atoms with van der Waals surface area (Å²) in [5.41, 5.74) is 1.21. The minimum atomic E-state index is -0.0159. The molecule has 1 aliphatic rings. The summed E-state index contributed by atoms with van der Waals surface area (Å²) in [5.74, 6) is 1.06. The molecule has 0 saturated carbocycles. The summed E-state index contributed by atoms with van der Waals surface area (Å²) in [6.45, 7) is 4.07. The molecule has 0 spiro atoms. The number of nitrogens with zero attached hydrogens (tertiary/aromatic N) is 1. The van der Waals surface area contributed by atoms with Crippen LogP contribution in [0.5, 0.6) is 5.75 Å². The Morgan fingerprint density at radius 1 is 1.39 bits per heavy atom. The van der Waals surface area contributed by atoms with E-state index in [0.29, 0.717) is 19.6 Å². The lowest BCUT2D eigenvalue weighted by molar-refractivity contribution is -0.127. The van der Waals surface area contributed by atoms with Gasteiger partial charge in [0.2, 0.25) is 5.91 Å². The fourth-order valence-electron chi connectivity index (χ4n) is 2.12. The molecular formula is C14H18ClNO2. The monoisotopic (exact) mass is 267 g/mol. The predicted molar refractivity (Wildman–Crippen MR) is 72.2 cm³/mol. The first-order valence-electron chi connectivity index (χ1n) is 6.32. The maximum absolute atomic E-state index is 11.6. The van der Waals surface area contributed by atoms with Gasteiger partial charge in [-0.15, -0.1) is 11.6 Å². The molecule has 18 heavy (non-hydrogen) atoms. The smallest absolute Gasteiger partial charge is 0.224 e. The Bertz CT molecular complexity index is 405. The number of carbonyl (C=O) groups excluding carboxylic acids is 1. The van der Waals surface area contributed by atoms with Crippen LogP contribution in [0.1, 0.15) is 18.9 Å². The minimum absolute atomic E-state index is 0.0159. The molecular weight excluding hydrogens is 250 g/mol. The van der Waals surface area contributed by atoms with Crippen molar-refractivity contribution in [1.29, 1.82) is 0 Å². The van der Waals surface area contributed by atoms with Crippen molar-refractivity contribution in [2.24, 2.45) is 0 Å². The molecule has 2 rings (SSSR count). The van der Waals surface area contributed by atoms with Crippen molar-refractivity contribution >= 4 is 17.5 Å². The average Bonchev–Trinajstić information content (AvgIpc) is 2.67. The second-order valence-electron chi connectivity index (χ2n) is 4.47. The number of rotatable bonds is 5. The van der Waals surface area contributed by atoms with E-state index < -0.39 is 0 Å². The molecule has 0 bridgehead atoms. The van der Waals surface area contributed by atoms with Crippen LogP contribution in [0.15, 0.2) is 24.3 Å². The van der Waals surface area contributed by atoms with Crippen LogP contribution >= 0.6 is 11.6 Å². The predicted octanol–water partition coefficient (Wildman–Crippen LogP) is 2.47. The van der Waals surface area contributed by atoms with Crippen molar-refractivity contribution in [3.8, 4) is 5.75 Å². The highest BCUT2D eigenvalue weighted by Gasteiger charge is 2.27. The standard InChI is InChI=1S/C14H18ClNO2/c1-2-18-13-5-3-11(4-6-13)7-8-16-10-12(15)9-14(16)17/h3-6,12H,2,7-10H2,1H3. The van der Waals surface area contributed by atoms with Gasteiger partial charge in [-0.2, -0.15) is 0 Å². The molecule has 4 heteroatoms. The Labute approximate surface area is 113 Å². The van der Waals surface area contributed by atoms with Gasteiger partial charge in [0.1, 0.15) is 5.75 Å². The Kier molecular flexibility index (Phi) is 4.48. The molecule has 0 aliphatic carbocycles. The Balaban J connectivity index is 1.84. The normalized spacial score (nSPS) is 19.3. The Morgan fingerprint density at radius 2 is 2.11 bits per heavy atom. The van der Waals surface area contributed by atoms with E-state index in [9.17, 15) is 4.79 Å². The van der Waals surface area contributed by atoms with Crippen molar-refractivity contribution in [2.75, 3.05) is 19.7 Å². The minimum Gasteiger partial charge on any atom is -0.494 e. The SMILES string of the molecule is CCOc1ccc(CCN2CC(Cl)CC2=O)cc1. The van der Waals surface area contributed by atoms with E-state index in [1.165, 1.54) is 5.56 Å². The largest absolute Gasteiger partial charge is 0.494 e. The summed E-state index contributed by atoms with van der Waals surface area (Å²) < 4.78 is 5.39. The highest BCUT2D eigenvalue weighted by atomic mass is 35.5. The molecule has 98 valence electrons. The fraction of sp³-hybridized carbons (Fsp3) is 0.500. The quantitative estimate of drug-likeness (QED) is 0.767. The van der Waals surface area contributed by atoms with Crippen LogP contribution in [0.4, 0.5) is 0 Å². The number of ether oxygens (including phenoxy) is 1. The highest BCUT2D eigenvalue weighted by Crippen LogP contribution is 2.17. The maximum atomic E-state index is 11.6. The molecule has 1 aliphatic heterocycles. The van der Waals surface area contributed by atoms with Gasteiger partial charge < -0.3 is 9.64 Å². The summed E-state index contributed by atoms with van der Waals surface area (Å²) in [5, 5.41) is -0.0159. The van der Waals surface area contributed by atoms with Gasteiger partial charge in [0.25, 0.3) is 0 Å². The molecule has 0 aromatic heterocycles. The molecule has 1 heterocycles. The molecule has 1 unspecified atom stereocenters. The van der Waals surface area contributed by atoms with E-state index in [-0.39, 0.29) is 11.3 Å². The number of likely N-dealkylation sites (tertiary alicyclic amines) is 1. The first-order valence-corrected chi connectivity index (χ1v) is 6.76. The zero-order chi connectivity index (χ0) is 13.0. The third kappa shape index (κ3) is 3.39. The molecule has 1 aromatic rings. The van der Waals surface area contributed by atoms with Gasteiger partial charge in [-0.05, 0) is 31.0 Å². The van der Waals surface area contributed by atoms with Gasteiger partial charge in [-0.3, -0.25) is 4.79 Å². The molecule has 1 amide bonds. The van der Waals surface area contributed by atoms with Crippen molar-refractivity contribution in [1.82, 2.24) is 4.90 Å². The number of hydrogen-bond acceptors (Lipinski definition) is 2. The summed E-state index contributed by atoms with van der Waals surface area (Å²) in [7, 11) is 0. The van der Waals surface area contributed by atoms with Crippen LogP contribution in [0.3, 0.4) is 0 Å². The van der Waals surface area contributed by atoms with E-state index >= 15 is 0 Å². The molecule has 1 atom stereocenters. The summed E-state index contributed by atoms with van der Waals surface area (Å²) in [4.78, 5) is 13.4. The number of amides is 1. The Hall–Kier alpha value is -1.22. The second-order valence-corrected chi connectivity index (χ2v) is 5.09. The van der Waals surface area contributed by atoms with E-state index in [2.05, 4.69) is 0 Å². The van der Waals surface area contributed by atoms with Gasteiger partial charge in [-0.25, -0.2) is 0 Å². The first kappa shape index (κ1) is 13.2. The van der Waals surface area contributed by atoms with Gasteiger partial charge in [0, 0.05) is 19.5 Å². The van der Waals surface area contributed by atoms with Crippen molar-refractivity contribution in [3.63, 3.8) is 0 Å². The van der Waals surface area contributed by atoms with Crippen LogP contribution in [-0.2, 0) is 11.2 Å². The summed E-state index contributed by atoms with van der Waals surface area (Å²) in [6.07, 6.45) is 1.34. The highest BCUT2D eigenvalue weighted by molar-refractivity contribution is 6.22. The van der Waals surface area contributed by atoms with Crippen molar-refractivity contribution in [2.45, 2.75) is 25.1 Å². The van der Waals surface area contributed by atoms with Crippen LogP contribution in [0, 0.1) is 0 Å². The van der Waals surface area contributed by atoms with Crippen molar-refractivity contribution in [3.05, 3.63) is 29.8 Å². The number of hydrogen-bond donors (Lipinski definition) is 0. The number of alkyl halides is 1. The third-order valence-electron chi connectivity index (χ3n) is 3.07. The third-order valence-corrected chi connectivity index (χ3v) is 3.36. The lowest BCUT2D eigenvalue weighted by atomic mass is 10.1. The zero-order valence-electron chi connectivity index (χ0n) is 10.6. The zero-order valence-corrected chi connectivity index (χ0v) is 11.3. The molecule has 0 radical (unpaired) electrons. The number of halogens is 1. The molecule has 3 nitrogen and oxygen atoms in total. The van der Waals surface area contributed by atoms with E-state index in [1.54, 1.807) is 0 Å². The van der Waals surface area contributed by atoms with Gasteiger partial charge in [0.15, 0.2) is 0 Å².